The second-order valence-corrected chi connectivity index (χ2v) is 6.97. The first-order valence-electron chi connectivity index (χ1n) is 8.45. The molecule has 1 saturated heterocycles. The molecule has 3 fully saturated rings. The zero-order valence-corrected chi connectivity index (χ0v) is 12.6. The molecule has 0 bridgehead atoms. The number of carbonyl (C=O) groups is 2. The van der Waals surface area contributed by atoms with Crippen LogP contribution in [0.2, 0.25) is 0 Å². The topological polar surface area (TPSA) is 69.6 Å². The van der Waals surface area contributed by atoms with Gasteiger partial charge in [0.05, 0.1) is 0 Å². The first-order chi connectivity index (χ1) is 10.1. The third kappa shape index (κ3) is 2.74. The van der Waals surface area contributed by atoms with E-state index in [1.54, 1.807) is 0 Å². The SMILES string of the molecule is O=C(NC1(C(=O)O)CCCC1)N1CCC[C@H]2CCCC[C@H]21. The smallest absolute Gasteiger partial charge is 0.329 e. The van der Waals surface area contributed by atoms with Gasteiger partial charge in [-0.3, -0.25) is 0 Å². The number of amides is 2. The van der Waals surface area contributed by atoms with E-state index in [2.05, 4.69) is 5.32 Å². The number of fused-ring (bicyclic) bond motifs is 1. The number of carbonyl (C=O) groups excluding carboxylic acids is 1. The summed E-state index contributed by atoms with van der Waals surface area (Å²) < 4.78 is 0. The fourth-order valence-corrected chi connectivity index (χ4v) is 4.52. The Labute approximate surface area is 126 Å². The van der Waals surface area contributed by atoms with Crippen LogP contribution in [-0.4, -0.2) is 40.1 Å². The number of hydrogen-bond donors (Lipinski definition) is 2. The lowest BCUT2D eigenvalue weighted by molar-refractivity contribution is -0.144. The summed E-state index contributed by atoms with van der Waals surface area (Å²) in [5.41, 5.74) is -1.02. The maximum Gasteiger partial charge on any atom is 0.329 e. The normalized spacial score (nSPS) is 31.5. The number of likely N-dealkylation sites (tertiary alicyclic amines) is 1. The van der Waals surface area contributed by atoms with Crippen molar-refractivity contribution >= 4 is 12.0 Å². The lowest BCUT2D eigenvalue weighted by Crippen LogP contribution is -2.60. The predicted molar refractivity (Wildman–Crippen MR) is 79.1 cm³/mol. The van der Waals surface area contributed by atoms with Crippen LogP contribution in [0.1, 0.15) is 64.2 Å². The largest absolute Gasteiger partial charge is 0.480 e. The zero-order valence-electron chi connectivity index (χ0n) is 12.6. The second kappa shape index (κ2) is 5.85. The van der Waals surface area contributed by atoms with Gasteiger partial charge in [-0.1, -0.05) is 25.7 Å². The van der Waals surface area contributed by atoms with Crippen LogP contribution >= 0.6 is 0 Å². The van der Waals surface area contributed by atoms with Crippen LogP contribution < -0.4 is 5.32 Å². The molecule has 0 aromatic heterocycles. The lowest BCUT2D eigenvalue weighted by atomic mass is 9.78. The van der Waals surface area contributed by atoms with Gasteiger partial charge in [0.15, 0.2) is 0 Å². The van der Waals surface area contributed by atoms with Crippen LogP contribution in [0.5, 0.6) is 0 Å². The Hall–Kier alpha value is -1.26. The summed E-state index contributed by atoms with van der Waals surface area (Å²) in [6, 6.07) is 0.190. The molecule has 1 aliphatic heterocycles. The maximum atomic E-state index is 12.7. The number of piperidine rings is 1. The molecule has 3 aliphatic rings. The van der Waals surface area contributed by atoms with Crippen molar-refractivity contribution < 1.29 is 14.7 Å². The molecular formula is C16H26N2O3. The number of nitrogens with one attached hydrogen (secondary N) is 1. The number of nitrogens with zero attached hydrogens (tertiary/aromatic N) is 1. The van der Waals surface area contributed by atoms with Crippen LogP contribution in [-0.2, 0) is 4.79 Å². The summed E-state index contributed by atoms with van der Waals surface area (Å²) in [5.74, 6) is -0.242. The molecule has 5 heteroatoms. The van der Waals surface area contributed by atoms with Gasteiger partial charge in [-0.2, -0.15) is 0 Å². The Morgan fingerprint density at radius 3 is 2.38 bits per heavy atom. The Morgan fingerprint density at radius 2 is 1.67 bits per heavy atom. The van der Waals surface area contributed by atoms with Gasteiger partial charge in [0.1, 0.15) is 5.54 Å². The highest BCUT2D eigenvalue weighted by atomic mass is 16.4. The number of urea groups is 1. The van der Waals surface area contributed by atoms with E-state index in [1.165, 1.54) is 25.7 Å². The molecule has 118 valence electrons. The van der Waals surface area contributed by atoms with E-state index in [0.29, 0.717) is 24.8 Å². The molecule has 2 N–H and O–H groups in total. The van der Waals surface area contributed by atoms with E-state index >= 15 is 0 Å². The first-order valence-corrected chi connectivity index (χ1v) is 8.45. The average Bonchev–Trinajstić information content (AvgIpc) is 2.96. The highest BCUT2D eigenvalue weighted by Gasteiger charge is 2.45. The van der Waals surface area contributed by atoms with Crippen molar-refractivity contribution in [3.8, 4) is 0 Å². The highest BCUT2D eigenvalue weighted by Crippen LogP contribution is 2.36. The Bertz CT molecular complexity index is 416. The molecule has 2 saturated carbocycles. The van der Waals surface area contributed by atoms with Crippen LogP contribution in [0, 0.1) is 5.92 Å². The van der Waals surface area contributed by atoms with E-state index in [4.69, 9.17) is 0 Å². The number of rotatable bonds is 2. The maximum absolute atomic E-state index is 12.7. The van der Waals surface area contributed by atoms with Crippen molar-refractivity contribution in [2.45, 2.75) is 75.8 Å². The molecule has 1 heterocycles. The fourth-order valence-electron chi connectivity index (χ4n) is 4.52. The summed E-state index contributed by atoms with van der Waals surface area (Å²) in [6.45, 7) is 0.780. The minimum atomic E-state index is -1.02. The molecule has 0 unspecified atom stereocenters. The lowest BCUT2D eigenvalue weighted by Gasteiger charge is -2.45. The van der Waals surface area contributed by atoms with Crippen molar-refractivity contribution in [3.05, 3.63) is 0 Å². The highest BCUT2D eigenvalue weighted by molar-refractivity contribution is 5.86. The van der Waals surface area contributed by atoms with Gasteiger partial charge in [0.25, 0.3) is 0 Å². The van der Waals surface area contributed by atoms with E-state index in [9.17, 15) is 14.7 Å². The van der Waals surface area contributed by atoms with E-state index in [1.807, 2.05) is 4.90 Å². The van der Waals surface area contributed by atoms with Crippen LogP contribution in [0.3, 0.4) is 0 Å². The third-order valence-electron chi connectivity index (χ3n) is 5.72. The summed E-state index contributed by atoms with van der Waals surface area (Å²) >= 11 is 0. The molecule has 0 aromatic rings. The van der Waals surface area contributed by atoms with Crippen LogP contribution in [0.15, 0.2) is 0 Å². The summed E-state index contributed by atoms with van der Waals surface area (Å²) in [7, 11) is 0. The van der Waals surface area contributed by atoms with Gasteiger partial charge in [0, 0.05) is 12.6 Å². The molecule has 0 spiro atoms. The summed E-state index contributed by atoms with van der Waals surface area (Å²) in [4.78, 5) is 26.2. The molecule has 0 aromatic carbocycles. The molecule has 2 atom stereocenters. The minimum Gasteiger partial charge on any atom is -0.480 e. The Balaban J connectivity index is 1.70. The average molecular weight is 294 g/mol. The second-order valence-electron chi connectivity index (χ2n) is 6.97. The number of carboxylic acid groups (broad SMARTS) is 1. The number of carboxylic acids is 1. The van der Waals surface area contributed by atoms with Crippen LogP contribution in [0.25, 0.3) is 0 Å². The predicted octanol–water partition coefficient (Wildman–Crippen LogP) is 2.75. The van der Waals surface area contributed by atoms with Gasteiger partial charge in [-0.05, 0) is 44.4 Å². The quantitative estimate of drug-likeness (QED) is 0.822. The summed E-state index contributed by atoms with van der Waals surface area (Å²) in [5, 5.41) is 12.4. The van der Waals surface area contributed by atoms with Crippen molar-refractivity contribution in [1.29, 1.82) is 0 Å². The van der Waals surface area contributed by atoms with Crippen molar-refractivity contribution in [2.24, 2.45) is 5.92 Å². The first kappa shape index (κ1) is 14.7. The van der Waals surface area contributed by atoms with Gasteiger partial charge in [-0.25, -0.2) is 9.59 Å². The molecule has 0 radical (unpaired) electrons. The van der Waals surface area contributed by atoms with Crippen molar-refractivity contribution in [3.63, 3.8) is 0 Å². The van der Waals surface area contributed by atoms with Crippen molar-refractivity contribution in [2.75, 3.05) is 6.54 Å². The third-order valence-corrected chi connectivity index (χ3v) is 5.72. The van der Waals surface area contributed by atoms with Gasteiger partial charge in [0.2, 0.25) is 0 Å². The van der Waals surface area contributed by atoms with Gasteiger partial charge < -0.3 is 15.3 Å². The fraction of sp³-hybridized carbons (Fsp3) is 0.875. The molecular weight excluding hydrogens is 268 g/mol. The molecule has 2 amide bonds. The molecule has 2 aliphatic carbocycles. The Kier molecular flexibility index (Phi) is 4.09. The molecule has 5 nitrogen and oxygen atoms in total. The number of hydrogen-bond acceptors (Lipinski definition) is 2. The molecule has 21 heavy (non-hydrogen) atoms. The zero-order chi connectivity index (χ0) is 14.9. The van der Waals surface area contributed by atoms with Crippen molar-refractivity contribution in [1.82, 2.24) is 10.2 Å². The van der Waals surface area contributed by atoms with E-state index in [0.717, 1.165) is 32.2 Å². The van der Waals surface area contributed by atoms with Gasteiger partial charge >= 0.3 is 12.0 Å². The monoisotopic (exact) mass is 294 g/mol. The minimum absolute atomic E-state index is 0.143. The number of aliphatic carboxylic acids is 1. The Morgan fingerprint density at radius 1 is 1.00 bits per heavy atom. The van der Waals surface area contributed by atoms with Crippen LogP contribution in [0.4, 0.5) is 4.79 Å². The van der Waals surface area contributed by atoms with Gasteiger partial charge in [-0.15, -0.1) is 0 Å². The molecule has 3 rings (SSSR count). The van der Waals surface area contributed by atoms with E-state index in [-0.39, 0.29) is 6.03 Å². The van der Waals surface area contributed by atoms with E-state index < -0.39 is 11.5 Å². The standard InChI is InChI=1S/C16H26N2O3/c19-14(20)16(9-3-4-10-16)17-15(21)18-11-5-7-12-6-1-2-8-13(12)18/h12-13H,1-11H2,(H,17,21)(H,19,20)/t12-,13-/m1/s1. The summed E-state index contributed by atoms with van der Waals surface area (Å²) in [6.07, 6.45) is 9.94.